The SMILES string of the molecule is CCC(C)CC(C)CN1C(=O)N(CC(N)=O)C(C)(C)C1=O. The van der Waals surface area contributed by atoms with Gasteiger partial charge in [-0.15, -0.1) is 0 Å². The van der Waals surface area contributed by atoms with E-state index < -0.39 is 17.5 Å². The van der Waals surface area contributed by atoms with Gasteiger partial charge in [0.1, 0.15) is 12.1 Å². The molecule has 4 amide bonds. The Hall–Kier alpha value is -1.59. The summed E-state index contributed by atoms with van der Waals surface area (Å²) < 4.78 is 0. The topological polar surface area (TPSA) is 83.7 Å². The Morgan fingerprint density at radius 1 is 1.24 bits per heavy atom. The van der Waals surface area contributed by atoms with E-state index in [1.165, 1.54) is 9.80 Å². The van der Waals surface area contributed by atoms with Gasteiger partial charge in [0, 0.05) is 6.54 Å². The number of nitrogens with zero attached hydrogens (tertiary/aromatic N) is 2. The normalized spacial score (nSPS) is 20.8. The van der Waals surface area contributed by atoms with Crippen LogP contribution in [0.3, 0.4) is 0 Å². The highest BCUT2D eigenvalue weighted by atomic mass is 16.2. The molecular weight excluding hydrogens is 270 g/mol. The van der Waals surface area contributed by atoms with Crippen LogP contribution >= 0.6 is 0 Å². The number of nitrogens with two attached hydrogens (primary N) is 1. The van der Waals surface area contributed by atoms with Crippen LogP contribution in [0.1, 0.15) is 47.5 Å². The monoisotopic (exact) mass is 297 g/mol. The summed E-state index contributed by atoms with van der Waals surface area (Å²) in [6.07, 6.45) is 2.04. The van der Waals surface area contributed by atoms with Crippen molar-refractivity contribution in [3.05, 3.63) is 0 Å². The highest BCUT2D eigenvalue weighted by Gasteiger charge is 2.51. The van der Waals surface area contributed by atoms with Gasteiger partial charge in [-0.2, -0.15) is 0 Å². The van der Waals surface area contributed by atoms with Crippen LogP contribution in [0, 0.1) is 11.8 Å². The Morgan fingerprint density at radius 3 is 2.29 bits per heavy atom. The van der Waals surface area contributed by atoms with Crippen LogP contribution in [0.5, 0.6) is 0 Å². The molecule has 0 aromatic heterocycles. The third-order valence-corrected chi connectivity index (χ3v) is 4.21. The van der Waals surface area contributed by atoms with E-state index in [2.05, 4.69) is 13.8 Å². The first-order valence-corrected chi connectivity index (χ1v) is 7.53. The minimum atomic E-state index is -1.01. The van der Waals surface area contributed by atoms with Crippen LogP contribution in [0.4, 0.5) is 4.79 Å². The first-order valence-electron chi connectivity index (χ1n) is 7.53. The van der Waals surface area contributed by atoms with Gasteiger partial charge in [-0.25, -0.2) is 4.79 Å². The van der Waals surface area contributed by atoms with Gasteiger partial charge in [-0.05, 0) is 32.1 Å². The summed E-state index contributed by atoms with van der Waals surface area (Å²) in [7, 11) is 0. The summed E-state index contributed by atoms with van der Waals surface area (Å²) in [4.78, 5) is 38.4. The number of amides is 4. The smallest absolute Gasteiger partial charge is 0.328 e. The van der Waals surface area contributed by atoms with E-state index in [0.29, 0.717) is 12.5 Å². The van der Waals surface area contributed by atoms with Gasteiger partial charge in [0.05, 0.1) is 0 Å². The Bertz CT molecular complexity index is 434. The molecule has 1 aliphatic rings. The molecule has 1 fully saturated rings. The molecule has 0 aromatic rings. The van der Waals surface area contributed by atoms with Crippen molar-refractivity contribution in [3.8, 4) is 0 Å². The molecule has 0 saturated carbocycles. The summed E-state index contributed by atoms with van der Waals surface area (Å²) in [6, 6.07) is -0.417. The second-order valence-corrected chi connectivity index (χ2v) is 6.66. The van der Waals surface area contributed by atoms with Gasteiger partial charge in [0.15, 0.2) is 0 Å². The Balaban J connectivity index is 2.82. The Morgan fingerprint density at radius 2 is 1.81 bits per heavy atom. The molecule has 1 heterocycles. The van der Waals surface area contributed by atoms with Crippen molar-refractivity contribution >= 4 is 17.8 Å². The maximum Gasteiger partial charge on any atom is 0.328 e. The average Bonchev–Trinajstić information content (AvgIpc) is 2.52. The number of carbonyl (C=O) groups is 3. The van der Waals surface area contributed by atoms with E-state index in [9.17, 15) is 14.4 Å². The van der Waals surface area contributed by atoms with Gasteiger partial charge in [-0.1, -0.05) is 27.2 Å². The molecule has 0 aliphatic carbocycles. The molecule has 120 valence electrons. The third kappa shape index (κ3) is 3.74. The highest BCUT2D eigenvalue weighted by Crippen LogP contribution is 2.29. The third-order valence-electron chi connectivity index (χ3n) is 4.21. The van der Waals surface area contributed by atoms with Crippen LogP contribution in [0.15, 0.2) is 0 Å². The van der Waals surface area contributed by atoms with Crippen molar-refractivity contribution in [2.24, 2.45) is 17.6 Å². The first kappa shape index (κ1) is 17.5. The van der Waals surface area contributed by atoms with E-state index in [4.69, 9.17) is 5.73 Å². The Kier molecular flexibility index (Phi) is 5.36. The lowest BCUT2D eigenvalue weighted by Crippen LogP contribution is -2.47. The van der Waals surface area contributed by atoms with Gasteiger partial charge >= 0.3 is 6.03 Å². The van der Waals surface area contributed by atoms with Crippen LogP contribution in [0.2, 0.25) is 0 Å². The fraction of sp³-hybridized carbons (Fsp3) is 0.800. The van der Waals surface area contributed by atoms with Crippen LogP contribution in [-0.4, -0.2) is 46.3 Å². The standard InChI is InChI=1S/C15H27N3O3/c1-6-10(2)7-11(3)8-17-13(20)15(4,5)18(14(17)21)9-12(16)19/h10-11H,6-9H2,1-5H3,(H2,16,19). The van der Waals surface area contributed by atoms with Crippen molar-refractivity contribution < 1.29 is 14.4 Å². The molecule has 6 nitrogen and oxygen atoms in total. The van der Waals surface area contributed by atoms with Crippen molar-refractivity contribution in [1.29, 1.82) is 0 Å². The van der Waals surface area contributed by atoms with Crippen LogP contribution in [-0.2, 0) is 9.59 Å². The predicted octanol–water partition coefficient (Wildman–Crippen LogP) is 1.59. The zero-order valence-electron chi connectivity index (χ0n) is 13.7. The zero-order valence-corrected chi connectivity index (χ0v) is 13.7. The van der Waals surface area contributed by atoms with E-state index in [1.54, 1.807) is 13.8 Å². The molecule has 6 heteroatoms. The highest BCUT2D eigenvalue weighted by molar-refractivity contribution is 6.07. The molecule has 0 bridgehead atoms. The fourth-order valence-corrected chi connectivity index (χ4v) is 2.74. The fourth-order valence-electron chi connectivity index (χ4n) is 2.74. The maximum absolute atomic E-state index is 12.4. The van der Waals surface area contributed by atoms with Gasteiger partial charge in [0.2, 0.25) is 5.91 Å². The molecule has 2 unspecified atom stereocenters. The average molecular weight is 297 g/mol. The van der Waals surface area contributed by atoms with Crippen molar-refractivity contribution in [2.75, 3.05) is 13.1 Å². The van der Waals surface area contributed by atoms with Crippen LogP contribution < -0.4 is 5.73 Å². The lowest BCUT2D eigenvalue weighted by atomic mass is 9.95. The summed E-state index contributed by atoms with van der Waals surface area (Å²) in [6.45, 7) is 9.78. The quantitative estimate of drug-likeness (QED) is 0.724. The number of primary amides is 1. The lowest BCUT2D eigenvalue weighted by Gasteiger charge is -2.26. The molecule has 21 heavy (non-hydrogen) atoms. The van der Waals surface area contributed by atoms with Crippen molar-refractivity contribution in [2.45, 2.75) is 53.0 Å². The van der Waals surface area contributed by atoms with Crippen LogP contribution in [0.25, 0.3) is 0 Å². The van der Waals surface area contributed by atoms with Gasteiger partial charge in [0.25, 0.3) is 5.91 Å². The minimum Gasteiger partial charge on any atom is -0.368 e. The predicted molar refractivity (Wildman–Crippen MR) is 80.3 cm³/mol. The molecule has 2 N–H and O–H groups in total. The van der Waals surface area contributed by atoms with E-state index in [-0.39, 0.29) is 18.4 Å². The minimum absolute atomic E-state index is 0.228. The maximum atomic E-state index is 12.4. The summed E-state index contributed by atoms with van der Waals surface area (Å²) in [5, 5.41) is 0. The first-order chi connectivity index (χ1) is 9.61. The summed E-state index contributed by atoms with van der Waals surface area (Å²) >= 11 is 0. The van der Waals surface area contributed by atoms with Crippen molar-refractivity contribution in [3.63, 3.8) is 0 Å². The second kappa shape index (κ2) is 6.45. The molecule has 1 rings (SSSR count). The Labute approximate surface area is 126 Å². The summed E-state index contributed by atoms with van der Waals surface area (Å²) in [5.74, 6) is -0.0804. The number of hydrogen-bond acceptors (Lipinski definition) is 3. The molecule has 0 radical (unpaired) electrons. The molecule has 1 aliphatic heterocycles. The molecule has 2 atom stereocenters. The van der Waals surface area contributed by atoms with Crippen molar-refractivity contribution in [1.82, 2.24) is 9.80 Å². The zero-order chi connectivity index (χ0) is 16.4. The van der Waals surface area contributed by atoms with Gasteiger partial charge < -0.3 is 10.6 Å². The van der Waals surface area contributed by atoms with E-state index in [1.807, 2.05) is 6.92 Å². The largest absolute Gasteiger partial charge is 0.368 e. The molecule has 1 saturated heterocycles. The molecule has 0 aromatic carbocycles. The second-order valence-electron chi connectivity index (χ2n) is 6.66. The van der Waals surface area contributed by atoms with E-state index >= 15 is 0 Å². The number of rotatable bonds is 7. The van der Waals surface area contributed by atoms with E-state index in [0.717, 1.165) is 12.8 Å². The summed E-state index contributed by atoms with van der Waals surface area (Å²) in [5.41, 5.74) is 4.16. The number of urea groups is 1. The van der Waals surface area contributed by atoms with Gasteiger partial charge in [-0.3, -0.25) is 14.5 Å². The number of hydrogen-bond donors (Lipinski definition) is 1. The number of imide groups is 1. The molecule has 0 spiro atoms. The number of carbonyl (C=O) groups excluding carboxylic acids is 3. The molecular formula is C15H27N3O3. The lowest BCUT2D eigenvalue weighted by molar-refractivity contribution is -0.132.